The number of ether oxygens (including phenoxy) is 1. The second-order valence-electron chi connectivity index (χ2n) is 7.56. The summed E-state index contributed by atoms with van der Waals surface area (Å²) in [6.45, 7) is 13.6. The van der Waals surface area contributed by atoms with Crippen LogP contribution in [0.1, 0.15) is 47.0 Å². The lowest BCUT2D eigenvalue weighted by atomic mass is 9.98. The molecular formula is C18H38IN5O2. The van der Waals surface area contributed by atoms with Crippen LogP contribution in [-0.2, 0) is 4.74 Å². The van der Waals surface area contributed by atoms with Gasteiger partial charge in [0.05, 0.1) is 0 Å². The van der Waals surface area contributed by atoms with Crippen molar-refractivity contribution in [3.8, 4) is 0 Å². The van der Waals surface area contributed by atoms with Crippen molar-refractivity contribution in [3.63, 3.8) is 0 Å². The van der Waals surface area contributed by atoms with Crippen molar-refractivity contribution in [2.45, 2.75) is 52.6 Å². The lowest BCUT2D eigenvalue weighted by molar-refractivity contribution is 0.0527. The molecule has 1 aliphatic rings. The molecule has 0 aromatic heterocycles. The Morgan fingerprint density at radius 3 is 2.54 bits per heavy atom. The molecule has 1 heterocycles. The first-order chi connectivity index (χ1) is 11.8. The number of nitrogens with one attached hydrogen (secondary N) is 3. The van der Waals surface area contributed by atoms with Crippen LogP contribution in [0.3, 0.4) is 0 Å². The van der Waals surface area contributed by atoms with Crippen molar-refractivity contribution in [1.29, 1.82) is 0 Å². The maximum absolute atomic E-state index is 11.5. The molecule has 1 atom stereocenters. The number of carbonyl (C=O) groups excluding carboxylic acids is 1. The van der Waals surface area contributed by atoms with Gasteiger partial charge in [-0.05, 0) is 59.0 Å². The molecule has 1 fully saturated rings. The molecule has 0 spiro atoms. The number of halogens is 1. The standard InChI is InChI=1S/C18H37N5O2.HI/c1-6-23-12-7-9-15(14-23)13-22-16(19-5)20-10-8-11-21-17(24)25-18(2,3)4;/h15H,6-14H2,1-5H3,(H,21,24)(H2,19,20,22);1H. The van der Waals surface area contributed by atoms with E-state index in [0.717, 1.165) is 32.0 Å². The summed E-state index contributed by atoms with van der Waals surface area (Å²) >= 11 is 0. The number of hydrogen-bond donors (Lipinski definition) is 3. The number of guanidine groups is 1. The van der Waals surface area contributed by atoms with Gasteiger partial charge in [-0.3, -0.25) is 4.99 Å². The van der Waals surface area contributed by atoms with E-state index in [-0.39, 0.29) is 30.1 Å². The normalized spacial score (nSPS) is 18.7. The lowest BCUT2D eigenvalue weighted by Gasteiger charge is -2.32. The van der Waals surface area contributed by atoms with E-state index >= 15 is 0 Å². The molecule has 7 nitrogen and oxygen atoms in total. The predicted octanol–water partition coefficient (Wildman–Crippen LogP) is 2.42. The van der Waals surface area contributed by atoms with Crippen LogP contribution >= 0.6 is 24.0 Å². The Balaban J connectivity index is 0.00000625. The number of piperidine rings is 1. The van der Waals surface area contributed by atoms with Crippen LogP contribution in [0.4, 0.5) is 4.79 Å². The third-order valence-corrected chi connectivity index (χ3v) is 4.15. The molecule has 0 aromatic rings. The van der Waals surface area contributed by atoms with E-state index in [4.69, 9.17) is 4.74 Å². The molecular weight excluding hydrogens is 445 g/mol. The molecule has 1 saturated heterocycles. The number of nitrogens with zero attached hydrogens (tertiary/aromatic N) is 2. The molecule has 0 saturated carbocycles. The molecule has 0 aliphatic carbocycles. The first-order valence-corrected chi connectivity index (χ1v) is 9.47. The zero-order valence-electron chi connectivity index (χ0n) is 17.1. The van der Waals surface area contributed by atoms with E-state index in [1.807, 2.05) is 20.8 Å². The van der Waals surface area contributed by atoms with Crippen molar-refractivity contribution in [3.05, 3.63) is 0 Å². The highest BCUT2D eigenvalue weighted by Gasteiger charge is 2.18. The minimum atomic E-state index is -0.458. The molecule has 0 aromatic carbocycles. The van der Waals surface area contributed by atoms with Crippen molar-refractivity contribution >= 4 is 36.0 Å². The Morgan fingerprint density at radius 1 is 1.23 bits per heavy atom. The number of alkyl carbamates (subject to hydrolysis) is 1. The van der Waals surface area contributed by atoms with Crippen LogP contribution in [0.25, 0.3) is 0 Å². The first kappa shape index (κ1) is 25.2. The van der Waals surface area contributed by atoms with Crippen molar-refractivity contribution in [2.75, 3.05) is 46.3 Å². The van der Waals surface area contributed by atoms with Gasteiger partial charge in [0.25, 0.3) is 0 Å². The summed E-state index contributed by atoms with van der Waals surface area (Å²) in [4.78, 5) is 18.3. The minimum absolute atomic E-state index is 0. The van der Waals surface area contributed by atoms with Gasteiger partial charge in [-0.15, -0.1) is 24.0 Å². The summed E-state index contributed by atoms with van der Waals surface area (Å²) in [5, 5.41) is 9.46. The molecule has 0 radical (unpaired) electrons. The molecule has 8 heteroatoms. The zero-order valence-corrected chi connectivity index (χ0v) is 19.4. The van der Waals surface area contributed by atoms with E-state index in [2.05, 4.69) is 32.8 Å². The molecule has 1 unspecified atom stereocenters. The lowest BCUT2D eigenvalue weighted by Crippen LogP contribution is -2.44. The molecule has 1 amide bonds. The summed E-state index contributed by atoms with van der Waals surface area (Å²) in [7, 11) is 1.79. The van der Waals surface area contributed by atoms with E-state index in [0.29, 0.717) is 12.5 Å². The summed E-state index contributed by atoms with van der Waals surface area (Å²) in [5.41, 5.74) is -0.458. The number of likely N-dealkylation sites (tertiary alicyclic amines) is 1. The van der Waals surface area contributed by atoms with E-state index in [1.54, 1.807) is 7.05 Å². The average Bonchev–Trinajstić information content (AvgIpc) is 2.56. The Hall–Kier alpha value is -0.770. The maximum atomic E-state index is 11.5. The Morgan fingerprint density at radius 2 is 1.92 bits per heavy atom. The van der Waals surface area contributed by atoms with E-state index in [9.17, 15) is 4.79 Å². The zero-order chi connectivity index (χ0) is 18.7. The quantitative estimate of drug-likeness (QED) is 0.225. The van der Waals surface area contributed by atoms with Crippen LogP contribution in [-0.4, -0.2) is 68.9 Å². The summed E-state index contributed by atoms with van der Waals surface area (Å²) in [6.07, 6.45) is 3.00. The van der Waals surface area contributed by atoms with Crippen LogP contribution in [0.15, 0.2) is 4.99 Å². The molecule has 154 valence electrons. The second-order valence-corrected chi connectivity index (χ2v) is 7.56. The van der Waals surface area contributed by atoms with Crippen LogP contribution in [0.5, 0.6) is 0 Å². The number of amides is 1. The van der Waals surface area contributed by atoms with Gasteiger partial charge < -0.3 is 25.6 Å². The number of carbonyl (C=O) groups is 1. The molecule has 26 heavy (non-hydrogen) atoms. The predicted molar refractivity (Wildman–Crippen MR) is 118 cm³/mol. The van der Waals surface area contributed by atoms with Gasteiger partial charge in [-0.2, -0.15) is 0 Å². The first-order valence-electron chi connectivity index (χ1n) is 9.47. The van der Waals surface area contributed by atoms with Gasteiger partial charge in [0.1, 0.15) is 5.60 Å². The topological polar surface area (TPSA) is 78.0 Å². The molecule has 0 bridgehead atoms. The minimum Gasteiger partial charge on any atom is -0.444 e. The van der Waals surface area contributed by atoms with E-state index in [1.165, 1.54) is 25.9 Å². The average molecular weight is 483 g/mol. The van der Waals surface area contributed by atoms with Crippen molar-refractivity contribution in [2.24, 2.45) is 10.9 Å². The largest absolute Gasteiger partial charge is 0.444 e. The highest BCUT2D eigenvalue weighted by atomic mass is 127. The fourth-order valence-corrected chi connectivity index (χ4v) is 2.87. The SMILES string of the molecule is CCN1CCCC(CNC(=NC)NCCCNC(=O)OC(C)(C)C)C1.I. The van der Waals surface area contributed by atoms with Gasteiger partial charge >= 0.3 is 6.09 Å². The number of rotatable bonds is 7. The third-order valence-electron chi connectivity index (χ3n) is 4.15. The Kier molecular flexibility index (Phi) is 13.0. The third kappa shape index (κ3) is 11.8. The fraction of sp³-hybridized carbons (Fsp3) is 0.889. The van der Waals surface area contributed by atoms with Crippen LogP contribution < -0.4 is 16.0 Å². The molecule has 1 rings (SSSR count). The fourth-order valence-electron chi connectivity index (χ4n) is 2.87. The van der Waals surface area contributed by atoms with Gasteiger partial charge in [0.2, 0.25) is 0 Å². The Labute approximate surface area is 176 Å². The summed E-state index contributed by atoms with van der Waals surface area (Å²) in [6, 6.07) is 0. The summed E-state index contributed by atoms with van der Waals surface area (Å²) < 4.78 is 5.20. The van der Waals surface area contributed by atoms with Gasteiger partial charge in [0.15, 0.2) is 5.96 Å². The maximum Gasteiger partial charge on any atom is 0.407 e. The molecule has 3 N–H and O–H groups in total. The van der Waals surface area contributed by atoms with E-state index < -0.39 is 5.60 Å². The summed E-state index contributed by atoms with van der Waals surface area (Å²) in [5.74, 6) is 1.51. The van der Waals surface area contributed by atoms with Crippen LogP contribution in [0, 0.1) is 5.92 Å². The van der Waals surface area contributed by atoms with Crippen molar-refractivity contribution < 1.29 is 9.53 Å². The Bertz CT molecular complexity index is 426. The van der Waals surface area contributed by atoms with Gasteiger partial charge in [-0.25, -0.2) is 4.79 Å². The second kappa shape index (κ2) is 13.4. The van der Waals surface area contributed by atoms with Gasteiger partial charge in [-0.1, -0.05) is 6.92 Å². The highest BCUT2D eigenvalue weighted by molar-refractivity contribution is 14.0. The van der Waals surface area contributed by atoms with Crippen molar-refractivity contribution in [1.82, 2.24) is 20.9 Å². The van der Waals surface area contributed by atoms with Crippen LogP contribution in [0.2, 0.25) is 0 Å². The monoisotopic (exact) mass is 483 g/mol. The number of hydrogen-bond acceptors (Lipinski definition) is 4. The van der Waals surface area contributed by atoms with Gasteiger partial charge in [0, 0.05) is 33.2 Å². The highest BCUT2D eigenvalue weighted by Crippen LogP contribution is 2.15. The smallest absolute Gasteiger partial charge is 0.407 e. The number of aliphatic imine (C=N–C) groups is 1. The molecule has 1 aliphatic heterocycles.